The molecule has 3 rings (SSSR count). The van der Waals surface area contributed by atoms with E-state index < -0.39 is 0 Å². The molecule has 2 aromatic rings. The molecule has 1 aliphatic heterocycles. The van der Waals surface area contributed by atoms with Crippen molar-refractivity contribution in [3.63, 3.8) is 0 Å². The Morgan fingerprint density at radius 1 is 1.29 bits per heavy atom. The lowest BCUT2D eigenvalue weighted by molar-refractivity contribution is 0.0228. The SMILES string of the molecule is Clc1cc2nc(C3CNCCO3)[nH]c2cc1Cl. The molecule has 2 N–H and O–H groups in total. The second kappa shape index (κ2) is 4.46. The van der Waals surface area contributed by atoms with Gasteiger partial charge in [-0.15, -0.1) is 0 Å². The molecule has 1 atom stereocenters. The van der Waals surface area contributed by atoms with Gasteiger partial charge in [0.1, 0.15) is 11.9 Å². The van der Waals surface area contributed by atoms with E-state index in [0.717, 1.165) is 29.9 Å². The molecular weight excluding hydrogens is 261 g/mol. The predicted octanol–water partition coefficient (Wildman–Crippen LogP) is 2.53. The summed E-state index contributed by atoms with van der Waals surface area (Å²) in [6, 6.07) is 3.54. The molecule has 0 bridgehead atoms. The molecule has 17 heavy (non-hydrogen) atoms. The highest BCUT2D eigenvalue weighted by Crippen LogP contribution is 2.28. The van der Waals surface area contributed by atoms with Gasteiger partial charge in [0.05, 0.1) is 27.7 Å². The summed E-state index contributed by atoms with van der Waals surface area (Å²) in [5, 5.41) is 4.30. The van der Waals surface area contributed by atoms with Gasteiger partial charge in [0, 0.05) is 13.1 Å². The van der Waals surface area contributed by atoms with Crippen molar-refractivity contribution in [2.24, 2.45) is 0 Å². The predicted molar refractivity (Wildman–Crippen MR) is 67.7 cm³/mol. The molecule has 1 aromatic heterocycles. The number of ether oxygens (including phenoxy) is 1. The van der Waals surface area contributed by atoms with Gasteiger partial charge < -0.3 is 15.0 Å². The Balaban J connectivity index is 2.00. The third-order valence-corrected chi connectivity index (χ3v) is 3.50. The zero-order valence-corrected chi connectivity index (χ0v) is 10.5. The maximum Gasteiger partial charge on any atom is 0.137 e. The van der Waals surface area contributed by atoms with E-state index in [1.54, 1.807) is 12.1 Å². The quantitative estimate of drug-likeness (QED) is 0.838. The second-order valence-electron chi connectivity index (χ2n) is 3.97. The van der Waals surface area contributed by atoms with Crippen molar-refractivity contribution in [2.75, 3.05) is 19.7 Å². The Morgan fingerprint density at radius 2 is 2.12 bits per heavy atom. The van der Waals surface area contributed by atoms with Gasteiger partial charge in [0.15, 0.2) is 0 Å². The van der Waals surface area contributed by atoms with Gasteiger partial charge in [-0.25, -0.2) is 4.98 Å². The van der Waals surface area contributed by atoms with E-state index in [-0.39, 0.29) is 6.10 Å². The lowest BCUT2D eigenvalue weighted by Crippen LogP contribution is -2.33. The average molecular weight is 272 g/mol. The first-order chi connectivity index (χ1) is 8.24. The average Bonchev–Trinajstić information content (AvgIpc) is 2.74. The van der Waals surface area contributed by atoms with Crippen LogP contribution in [0.15, 0.2) is 12.1 Å². The molecule has 0 spiro atoms. The van der Waals surface area contributed by atoms with Crippen LogP contribution < -0.4 is 5.32 Å². The number of aromatic amines is 1. The molecule has 0 aliphatic carbocycles. The van der Waals surface area contributed by atoms with Crippen LogP contribution in [0, 0.1) is 0 Å². The van der Waals surface area contributed by atoms with E-state index in [9.17, 15) is 0 Å². The number of hydrogen-bond acceptors (Lipinski definition) is 3. The molecule has 1 unspecified atom stereocenters. The molecule has 0 radical (unpaired) electrons. The molecule has 0 amide bonds. The summed E-state index contributed by atoms with van der Waals surface area (Å²) >= 11 is 11.9. The van der Waals surface area contributed by atoms with Crippen LogP contribution in [0.3, 0.4) is 0 Å². The molecular formula is C11H11Cl2N3O. The highest BCUT2D eigenvalue weighted by molar-refractivity contribution is 6.42. The molecule has 1 aliphatic rings. The number of nitrogens with one attached hydrogen (secondary N) is 2. The standard InChI is InChI=1S/C11H11Cl2N3O/c12-6-3-8-9(4-7(6)13)16-11(15-8)10-5-14-1-2-17-10/h3-4,10,14H,1-2,5H2,(H,15,16). The molecule has 4 nitrogen and oxygen atoms in total. The van der Waals surface area contributed by atoms with Crippen molar-refractivity contribution >= 4 is 34.2 Å². The number of H-pyrrole nitrogens is 1. The number of benzene rings is 1. The Hall–Kier alpha value is -0.810. The molecule has 2 heterocycles. The topological polar surface area (TPSA) is 49.9 Å². The van der Waals surface area contributed by atoms with E-state index >= 15 is 0 Å². The van der Waals surface area contributed by atoms with Crippen molar-refractivity contribution in [1.82, 2.24) is 15.3 Å². The summed E-state index contributed by atoms with van der Waals surface area (Å²) in [5.74, 6) is 0.811. The zero-order chi connectivity index (χ0) is 11.8. The minimum absolute atomic E-state index is 0.0336. The second-order valence-corrected chi connectivity index (χ2v) is 4.78. The molecule has 1 fully saturated rings. The first-order valence-electron chi connectivity index (χ1n) is 5.41. The zero-order valence-electron chi connectivity index (χ0n) is 8.96. The van der Waals surface area contributed by atoms with Crippen molar-refractivity contribution in [2.45, 2.75) is 6.10 Å². The van der Waals surface area contributed by atoms with Crippen LogP contribution in [-0.2, 0) is 4.74 Å². The summed E-state index contributed by atoms with van der Waals surface area (Å²) in [6.07, 6.45) is -0.0336. The molecule has 1 aromatic carbocycles. The summed E-state index contributed by atoms with van der Waals surface area (Å²) in [7, 11) is 0. The van der Waals surface area contributed by atoms with Crippen LogP contribution in [0.1, 0.15) is 11.9 Å². The minimum atomic E-state index is -0.0336. The third-order valence-electron chi connectivity index (χ3n) is 2.77. The normalized spacial score (nSPS) is 20.9. The van der Waals surface area contributed by atoms with Gasteiger partial charge in [-0.2, -0.15) is 0 Å². The molecule has 6 heteroatoms. The van der Waals surface area contributed by atoms with Crippen molar-refractivity contribution in [1.29, 1.82) is 0 Å². The maximum absolute atomic E-state index is 5.96. The van der Waals surface area contributed by atoms with Crippen molar-refractivity contribution in [3.8, 4) is 0 Å². The van der Waals surface area contributed by atoms with Crippen LogP contribution in [0.2, 0.25) is 10.0 Å². The number of rotatable bonds is 1. The van der Waals surface area contributed by atoms with E-state index in [0.29, 0.717) is 16.7 Å². The van der Waals surface area contributed by atoms with E-state index in [1.807, 2.05) is 0 Å². The maximum atomic E-state index is 5.96. The number of nitrogens with zero attached hydrogens (tertiary/aromatic N) is 1. The van der Waals surface area contributed by atoms with Crippen LogP contribution >= 0.6 is 23.2 Å². The van der Waals surface area contributed by atoms with E-state index in [1.165, 1.54) is 0 Å². The van der Waals surface area contributed by atoms with Gasteiger partial charge in [0.25, 0.3) is 0 Å². The summed E-state index contributed by atoms with van der Waals surface area (Å²) in [5.41, 5.74) is 1.69. The Labute approximate surface area is 108 Å². The summed E-state index contributed by atoms with van der Waals surface area (Å²) in [6.45, 7) is 2.35. The molecule has 0 saturated carbocycles. The lowest BCUT2D eigenvalue weighted by Gasteiger charge is -2.21. The van der Waals surface area contributed by atoms with Crippen molar-refractivity contribution in [3.05, 3.63) is 28.0 Å². The largest absolute Gasteiger partial charge is 0.368 e. The van der Waals surface area contributed by atoms with Crippen LogP contribution in [0.5, 0.6) is 0 Å². The van der Waals surface area contributed by atoms with Gasteiger partial charge in [-0.1, -0.05) is 23.2 Å². The molecule has 1 saturated heterocycles. The van der Waals surface area contributed by atoms with Gasteiger partial charge in [-0.3, -0.25) is 0 Å². The van der Waals surface area contributed by atoms with Crippen LogP contribution in [-0.4, -0.2) is 29.7 Å². The number of fused-ring (bicyclic) bond motifs is 1. The lowest BCUT2D eigenvalue weighted by atomic mass is 10.3. The fourth-order valence-electron chi connectivity index (χ4n) is 1.92. The highest BCUT2D eigenvalue weighted by Gasteiger charge is 2.19. The minimum Gasteiger partial charge on any atom is -0.368 e. The van der Waals surface area contributed by atoms with Crippen LogP contribution in [0.4, 0.5) is 0 Å². The number of halogens is 2. The van der Waals surface area contributed by atoms with E-state index in [4.69, 9.17) is 27.9 Å². The van der Waals surface area contributed by atoms with E-state index in [2.05, 4.69) is 15.3 Å². The molecule has 90 valence electrons. The monoisotopic (exact) mass is 271 g/mol. The van der Waals surface area contributed by atoms with Crippen molar-refractivity contribution < 1.29 is 4.74 Å². The summed E-state index contributed by atoms with van der Waals surface area (Å²) in [4.78, 5) is 7.69. The Morgan fingerprint density at radius 3 is 2.88 bits per heavy atom. The summed E-state index contributed by atoms with van der Waals surface area (Å²) < 4.78 is 5.63. The fourth-order valence-corrected chi connectivity index (χ4v) is 2.24. The number of hydrogen-bond donors (Lipinski definition) is 2. The van der Waals surface area contributed by atoms with Gasteiger partial charge >= 0.3 is 0 Å². The first-order valence-corrected chi connectivity index (χ1v) is 6.16. The Kier molecular flexibility index (Phi) is 2.96. The van der Waals surface area contributed by atoms with Crippen LogP contribution in [0.25, 0.3) is 11.0 Å². The number of aromatic nitrogens is 2. The number of morpholine rings is 1. The highest BCUT2D eigenvalue weighted by atomic mass is 35.5. The Bertz CT molecular complexity index is 510. The van der Waals surface area contributed by atoms with Gasteiger partial charge in [0.2, 0.25) is 0 Å². The number of imidazole rings is 1. The fraction of sp³-hybridized carbons (Fsp3) is 0.364. The first kappa shape index (κ1) is 11.3. The smallest absolute Gasteiger partial charge is 0.137 e. The van der Waals surface area contributed by atoms with Gasteiger partial charge in [-0.05, 0) is 12.1 Å². The third kappa shape index (κ3) is 2.13.